The molecule has 6 heteroatoms. The number of H-pyrrole nitrogens is 1. The van der Waals surface area contributed by atoms with Crippen molar-refractivity contribution in [2.24, 2.45) is 10.9 Å². The van der Waals surface area contributed by atoms with Crippen LogP contribution >= 0.6 is 11.3 Å². The molecule has 3 aromatic rings. The Labute approximate surface area is 151 Å². The lowest BCUT2D eigenvalue weighted by Crippen LogP contribution is -2.29. The average Bonchev–Trinajstić information content (AvgIpc) is 3.30. The average molecular weight is 353 g/mol. The molecule has 0 unspecified atom stereocenters. The maximum atomic E-state index is 5.56. The minimum absolute atomic E-state index is 0.649. The van der Waals surface area contributed by atoms with Crippen LogP contribution in [0, 0.1) is 0 Å². The van der Waals surface area contributed by atoms with E-state index >= 15 is 0 Å². The van der Waals surface area contributed by atoms with E-state index in [1.807, 2.05) is 17.5 Å². The molecule has 1 aliphatic rings. The van der Waals surface area contributed by atoms with Gasteiger partial charge in [0.05, 0.1) is 4.88 Å². The third-order valence-corrected chi connectivity index (χ3v) is 5.90. The van der Waals surface area contributed by atoms with Crippen molar-refractivity contribution in [2.45, 2.75) is 18.8 Å². The molecular weight excluding hydrogens is 330 g/mol. The molecule has 0 radical (unpaired) electrons. The van der Waals surface area contributed by atoms with Crippen LogP contribution in [0.25, 0.3) is 10.9 Å². The van der Waals surface area contributed by atoms with E-state index in [4.69, 9.17) is 5.84 Å². The summed E-state index contributed by atoms with van der Waals surface area (Å²) < 4.78 is 0. The summed E-state index contributed by atoms with van der Waals surface area (Å²) in [6, 6.07) is 10.4. The van der Waals surface area contributed by atoms with Crippen LogP contribution in [0.15, 0.2) is 47.0 Å². The number of fused-ring (bicyclic) bond motifs is 1. The molecule has 0 spiro atoms. The van der Waals surface area contributed by atoms with Gasteiger partial charge in [0.2, 0.25) is 0 Å². The van der Waals surface area contributed by atoms with Crippen molar-refractivity contribution in [2.75, 3.05) is 25.5 Å². The van der Waals surface area contributed by atoms with Crippen LogP contribution in [0.4, 0.5) is 5.69 Å². The number of nitrogens with one attached hydrogen (secondary N) is 2. The summed E-state index contributed by atoms with van der Waals surface area (Å²) in [6.45, 7) is 2.35. The molecule has 0 bridgehead atoms. The van der Waals surface area contributed by atoms with E-state index in [9.17, 15) is 0 Å². The van der Waals surface area contributed by atoms with E-state index in [1.165, 1.54) is 36.9 Å². The molecular formula is C19H23N5S. The van der Waals surface area contributed by atoms with Gasteiger partial charge in [-0.05, 0) is 68.0 Å². The second-order valence-electron chi connectivity index (χ2n) is 6.66. The highest BCUT2D eigenvalue weighted by atomic mass is 32.1. The minimum Gasteiger partial charge on any atom is -0.361 e. The Morgan fingerprint density at radius 2 is 2.16 bits per heavy atom. The summed E-state index contributed by atoms with van der Waals surface area (Å²) in [5, 5.41) is 10.6. The van der Waals surface area contributed by atoms with Crippen molar-refractivity contribution in [1.82, 2.24) is 9.88 Å². The highest BCUT2D eigenvalue weighted by Crippen LogP contribution is 2.33. The molecule has 4 N–H and O–H groups in total. The van der Waals surface area contributed by atoms with Crippen molar-refractivity contribution >= 4 is 33.8 Å². The zero-order chi connectivity index (χ0) is 17.2. The van der Waals surface area contributed by atoms with Crippen LogP contribution in [0.2, 0.25) is 0 Å². The number of hydrogen-bond acceptors (Lipinski definition) is 4. The van der Waals surface area contributed by atoms with Crippen LogP contribution in [-0.2, 0) is 0 Å². The molecule has 0 atom stereocenters. The van der Waals surface area contributed by atoms with Crippen LogP contribution in [0.1, 0.15) is 29.2 Å². The number of aromatic nitrogens is 1. The van der Waals surface area contributed by atoms with Gasteiger partial charge in [0.25, 0.3) is 0 Å². The molecule has 5 nitrogen and oxygen atoms in total. The summed E-state index contributed by atoms with van der Waals surface area (Å²) in [6.07, 6.45) is 4.64. The van der Waals surface area contributed by atoms with E-state index in [2.05, 4.69) is 51.7 Å². The molecule has 0 amide bonds. The first-order chi connectivity index (χ1) is 12.2. The molecule has 1 aliphatic heterocycles. The molecule has 0 aliphatic carbocycles. The Balaban J connectivity index is 1.57. The number of benzene rings is 1. The first-order valence-electron chi connectivity index (χ1n) is 8.63. The summed E-state index contributed by atoms with van der Waals surface area (Å²) in [4.78, 5) is 6.88. The van der Waals surface area contributed by atoms with Gasteiger partial charge in [0.15, 0.2) is 5.84 Å². The van der Waals surface area contributed by atoms with E-state index in [0.717, 1.165) is 16.1 Å². The number of anilines is 1. The standard InChI is InChI=1S/C19H23N5S/c1-24-8-6-13(7-9-24)16-12-21-17-11-14(4-5-15(16)17)22-19(23-20)18-3-2-10-25-18/h2-5,10-13,21H,6-9,20H2,1H3,(H,22,23). The largest absolute Gasteiger partial charge is 0.361 e. The van der Waals surface area contributed by atoms with Crippen LogP contribution in [0.3, 0.4) is 0 Å². The molecule has 3 heterocycles. The normalized spacial score (nSPS) is 17.2. The number of hydrazone groups is 1. The summed E-state index contributed by atoms with van der Waals surface area (Å²) in [7, 11) is 2.20. The van der Waals surface area contributed by atoms with Gasteiger partial charge in [-0.2, -0.15) is 5.10 Å². The maximum Gasteiger partial charge on any atom is 0.167 e. The quantitative estimate of drug-likeness (QED) is 0.290. The summed E-state index contributed by atoms with van der Waals surface area (Å²) >= 11 is 1.62. The topological polar surface area (TPSA) is 69.4 Å². The van der Waals surface area contributed by atoms with Gasteiger partial charge in [0.1, 0.15) is 0 Å². The second-order valence-corrected chi connectivity index (χ2v) is 7.61. The Hall–Kier alpha value is -2.31. The highest BCUT2D eigenvalue weighted by Gasteiger charge is 2.21. The van der Waals surface area contributed by atoms with E-state index in [1.54, 1.807) is 11.3 Å². The summed E-state index contributed by atoms with van der Waals surface area (Å²) in [5.41, 5.74) is 3.59. The first kappa shape index (κ1) is 16.2. The van der Waals surface area contributed by atoms with Gasteiger partial charge in [-0.3, -0.25) is 0 Å². The fourth-order valence-corrected chi connectivity index (χ4v) is 4.27. The van der Waals surface area contributed by atoms with Crippen molar-refractivity contribution < 1.29 is 0 Å². The van der Waals surface area contributed by atoms with Gasteiger partial charge in [-0.15, -0.1) is 11.3 Å². The number of nitrogens with zero attached hydrogens (tertiary/aromatic N) is 2. The monoisotopic (exact) mass is 353 g/mol. The molecule has 1 saturated heterocycles. The zero-order valence-corrected chi connectivity index (χ0v) is 15.1. The number of nitrogens with two attached hydrogens (primary N) is 1. The van der Waals surface area contributed by atoms with Gasteiger partial charge < -0.3 is 21.0 Å². The van der Waals surface area contributed by atoms with Crippen molar-refractivity contribution in [1.29, 1.82) is 0 Å². The van der Waals surface area contributed by atoms with Crippen molar-refractivity contribution in [3.8, 4) is 0 Å². The fraction of sp³-hybridized carbons (Fsp3) is 0.316. The maximum absolute atomic E-state index is 5.56. The molecule has 4 rings (SSSR count). The number of thiophene rings is 1. The fourth-order valence-electron chi connectivity index (χ4n) is 3.59. The van der Waals surface area contributed by atoms with Crippen LogP contribution in [0.5, 0.6) is 0 Å². The Morgan fingerprint density at radius 3 is 2.88 bits per heavy atom. The molecule has 130 valence electrons. The lowest BCUT2D eigenvalue weighted by atomic mass is 9.89. The van der Waals surface area contributed by atoms with Crippen molar-refractivity contribution in [3.05, 3.63) is 52.3 Å². The summed E-state index contributed by atoms with van der Waals surface area (Å²) in [5.74, 6) is 6.90. The molecule has 1 aromatic carbocycles. The predicted molar refractivity (Wildman–Crippen MR) is 106 cm³/mol. The van der Waals surface area contributed by atoms with Gasteiger partial charge in [-0.1, -0.05) is 12.1 Å². The first-order valence-corrected chi connectivity index (χ1v) is 9.51. The second kappa shape index (κ2) is 6.90. The third kappa shape index (κ3) is 3.27. The number of aromatic amines is 1. The van der Waals surface area contributed by atoms with E-state index < -0.39 is 0 Å². The number of hydrogen-bond donors (Lipinski definition) is 3. The molecule has 1 fully saturated rings. The molecule has 25 heavy (non-hydrogen) atoms. The Bertz CT molecular complexity index is 873. The Morgan fingerprint density at radius 1 is 1.32 bits per heavy atom. The Kier molecular flexibility index (Phi) is 4.46. The SMILES string of the molecule is CN1CCC(c2c[nH]c3cc(NC(=NN)c4cccs4)ccc23)CC1. The minimum atomic E-state index is 0.649. The predicted octanol–water partition coefficient (Wildman–Crippen LogP) is 3.77. The van der Waals surface area contributed by atoms with E-state index in [-0.39, 0.29) is 0 Å². The highest BCUT2D eigenvalue weighted by molar-refractivity contribution is 7.12. The lowest BCUT2D eigenvalue weighted by Gasteiger charge is -2.28. The smallest absolute Gasteiger partial charge is 0.167 e. The van der Waals surface area contributed by atoms with Gasteiger partial charge in [0, 0.05) is 22.8 Å². The van der Waals surface area contributed by atoms with Gasteiger partial charge in [-0.25, -0.2) is 0 Å². The van der Waals surface area contributed by atoms with E-state index in [0.29, 0.717) is 11.8 Å². The lowest BCUT2D eigenvalue weighted by molar-refractivity contribution is 0.256. The van der Waals surface area contributed by atoms with Crippen LogP contribution < -0.4 is 11.2 Å². The molecule has 2 aromatic heterocycles. The van der Waals surface area contributed by atoms with Crippen molar-refractivity contribution in [3.63, 3.8) is 0 Å². The van der Waals surface area contributed by atoms with Crippen LogP contribution in [-0.4, -0.2) is 35.9 Å². The van der Waals surface area contributed by atoms with Gasteiger partial charge >= 0.3 is 0 Å². The zero-order valence-electron chi connectivity index (χ0n) is 14.3. The third-order valence-electron chi connectivity index (χ3n) is 5.02. The number of likely N-dealkylation sites (tertiary alicyclic amines) is 1. The number of rotatable bonds is 3. The number of piperidine rings is 1. The number of amidine groups is 1. The molecule has 0 saturated carbocycles.